The van der Waals surface area contributed by atoms with Crippen LogP contribution in [0.5, 0.6) is 5.75 Å². The van der Waals surface area contributed by atoms with Crippen molar-refractivity contribution in [3.8, 4) is 5.75 Å². The second kappa shape index (κ2) is 13.4. The molecule has 1 unspecified atom stereocenters. The summed E-state index contributed by atoms with van der Waals surface area (Å²) in [4.78, 5) is 25.5. The number of hydrogen-bond donors (Lipinski definition) is 2. The number of hydrogen-bond acceptors (Lipinski definition) is 6. The van der Waals surface area contributed by atoms with Gasteiger partial charge in [-0.05, 0) is 74.5 Å². The first-order valence-corrected chi connectivity index (χ1v) is 12.7. The Morgan fingerprint density at radius 1 is 1.28 bits per heavy atom. The van der Waals surface area contributed by atoms with Gasteiger partial charge >= 0.3 is 12.1 Å². The number of aromatic hydroxyl groups is 1. The number of amides is 1. The van der Waals surface area contributed by atoms with Gasteiger partial charge in [0.15, 0.2) is 0 Å². The number of allylic oxidation sites excluding steroid dienone is 3. The number of carbonyl (C=O) groups is 1. The molecule has 1 aromatic rings. The maximum absolute atomic E-state index is 13.2. The first-order valence-electron chi connectivity index (χ1n) is 11.2. The molecule has 0 saturated carbocycles. The molecule has 0 aromatic heterocycles. The van der Waals surface area contributed by atoms with E-state index >= 15 is 0 Å². The van der Waals surface area contributed by atoms with Gasteiger partial charge in [0.1, 0.15) is 5.75 Å². The first-order chi connectivity index (χ1) is 16.9. The Labute approximate surface area is 225 Å². The fourth-order valence-corrected chi connectivity index (χ4v) is 4.78. The summed E-state index contributed by atoms with van der Waals surface area (Å²) in [6, 6.07) is 2.85. The monoisotopic (exact) mass is 636 g/mol. The minimum atomic E-state index is -4.43. The highest BCUT2D eigenvalue weighted by atomic mass is 79.9. The molecule has 12 heteroatoms. The summed E-state index contributed by atoms with van der Waals surface area (Å²) < 4.78 is 40.6. The van der Waals surface area contributed by atoms with Gasteiger partial charge in [-0.3, -0.25) is 9.69 Å². The molecule has 1 aromatic carbocycles. The minimum Gasteiger partial charge on any atom is -0.506 e. The van der Waals surface area contributed by atoms with Crippen LogP contribution in [0.25, 0.3) is 0 Å². The highest BCUT2D eigenvalue weighted by Gasteiger charge is 2.32. The van der Waals surface area contributed by atoms with Crippen molar-refractivity contribution in [3.63, 3.8) is 0 Å². The normalized spacial score (nSPS) is 17.2. The lowest BCUT2D eigenvalue weighted by Crippen LogP contribution is -2.51. The molecular formula is C24H29Br2F3N4O3. The van der Waals surface area contributed by atoms with E-state index in [1.807, 2.05) is 4.90 Å². The highest BCUT2D eigenvalue weighted by Crippen LogP contribution is 2.36. The number of rotatable bonds is 7. The number of halogens is 5. The summed E-state index contributed by atoms with van der Waals surface area (Å²) in [5.41, 5.74) is 0.452. The van der Waals surface area contributed by atoms with Crippen LogP contribution in [0.15, 0.2) is 62.0 Å². The number of nitrogens with zero attached hydrogens (tertiary/aromatic N) is 3. The summed E-state index contributed by atoms with van der Waals surface area (Å²) in [7, 11) is 0. The SMILES string of the molecule is C=C/C(=C\C(=C/CC)C(F)(F)F)CN1CCN(C(=O)C(=NC(C)c2cc(Br)c(O)c(Br)c2)ON)CC1. The molecule has 36 heavy (non-hydrogen) atoms. The lowest BCUT2D eigenvalue weighted by atomic mass is 10.1. The van der Waals surface area contributed by atoms with Crippen LogP contribution in [-0.4, -0.2) is 65.6 Å². The summed E-state index contributed by atoms with van der Waals surface area (Å²) in [6.45, 7) is 8.87. The minimum absolute atomic E-state index is 0.0460. The Kier molecular flexibility index (Phi) is 11.2. The molecule has 0 bridgehead atoms. The zero-order valence-corrected chi connectivity index (χ0v) is 23.2. The molecule has 1 saturated heterocycles. The van der Waals surface area contributed by atoms with Gasteiger partial charge in [0.2, 0.25) is 0 Å². The van der Waals surface area contributed by atoms with E-state index in [0.717, 1.165) is 12.2 Å². The number of alkyl halides is 3. The summed E-state index contributed by atoms with van der Waals surface area (Å²) >= 11 is 6.53. The number of benzene rings is 1. The van der Waals surface area contributed by atoms with Gasteiger partial charge in [0, 0.05) is 32.7 Å². The number of nitrogens with two attached hydrogens (primary N) is 1. The van der Waals surface area contributed by atoms with Gasteiger partial charge in [-0.25, -0.2) is 4.99 Å². The standard InChI is InChI=1S/C24H29Br2F3N4O3/c1-4-6-18(24(27,28)29)11-16(5-2)14-32-7-9-33(10-8-32)23(35)22(36-30)31-15(3)17-12-19(25)21(34)20(26)13-17/h5-6,11-13,15,34H,2,4,7-10,14,30H2,1,3H3/b16-11+,18-6+,31-22?. The van der Waals surface area contributed by atoms with Gasteiger partial charge in [0.25, 0.3) is 5.90 Å². The first kappa shape index (κ1) is 30.1. The van der Waals surface area contributed by atoms with Crippen molar-refractivity contribution in [2.45, 2.75) is 32.5 Å². The second-order valence-electron chi connectivity index (χ2n) is 8.12. The Bertz CT molecular complexity index is 1030. The van der Waals surface area contributed by atoms with E-state index in [1.54, 1.807) is 26.0 Å². The summed E-state index contributed by atoms with van der Waals surface area (Å²) in [6.07, 6.45) is -0.492. The zero-order chi connectivity index (χ0) is 27.0. The van der Waals surface area contributed by atoms with E-state index in [1.165, 1.54) is 11.0 Å². The molecule has 1 fully saturated rings. The van der Waals surface area contributed by atoms with Crippen molar-refractivity contribution in [2.75, 3.05) is 32.7 Å². The third-order valence-corrected chi connectivity index (χ3v) is 6.76. The van der Waals surface area contributed by atoms with Gasteiger partial charge in [0.05, 0.1) is 20.6 Å². The molecule has 0 spiro atoms. The maximum Gasteiger partial charge on any atom is 0.416 e. The van der Waals surface area contributed by atoms with Crippen molar-refractivity contribution in [2.24, 2.45) is 10.9 Å². The van der Waals surface area contributed by atoms with Crippen molar-refractivity contribution >= 4 is 43.7 Å². The number of phenolic OH excluding ortho intramolecular Hbond substituents is 1. The molecule has 3 N–H and O–H groups in total. The lowest BCUT2D eigenvalue weighted by Gasteiger charge is -2.34. The van der Waals surface area contributed by atoms with Crippen LogP contribution < -0.4 is 5.90 Å². The van der Waals surface area contributed by atoms with Crippen molar-refractivity contribution < 1.29 is 27.9 Å². The van der Waals surface area contributed by atoms with E-state index in [4.69, 9.17) is 10.7 Å². The van der Waals surface area contributed by atoms with E-state index in [9.17, 15) is 23.1 Å². The van der Waals surface area contributed by atoms with Crippen molar-refractivity contribution in [1.82, 2.24) is 9.80 Å². The lowest BCUT2D eigenvalue weighted by molar-refractivity contribution is -0.127. The molecule has 1 atom stereocenters. The van der Waals surface area contributed by atoms with Gasteiger partial charge in [-0.15, -0.1) is 0 Å². The van der Waals surface area contributed by atoms with Crippen molar-refractivity contribution in [3.05, 3.63) is 62.6 Å². The highest BCUT2D eigenvalue weighted by molar-refractivity contribution is 9.11. The Morgan fingerprint density at radius 3 is 2.33 bits per heavy atom. The zero-order valence-electron chi connectivity index (χ0n) is 20.0. The molecule has 1 aliphatic heterocycles. The molecule has 0 radical (unpaired) electrons. The predicted molar refractivity (Wildman–Crippen MR) is 140 cm³/mol. The molecule has 7 nitrogen and oxygen atoms in total. The van der Waals surface area contributed by atoms with Crippen LogP contribution >= 0.6 is 31.9 Å². The van der Waals surface area contributed by atoms with Gasteiger partial charge in [-0.1, -0.05) is 25.7 Å². The molecule has 1 aliphatic rings. The van der Waals surface area contributed by atoms with Crippen LogP contribution in [0, 0.1) is 0 Å². The van der Waals surface area contributed by atoms with Crippen LogP contribution in [0.2, 0.25) is 0 Å². The molecule has 1 heterocycles. The van der Waals surface area contributed by atoms with E-state index in [-0.39, 0.29) is 24.6 Å². The fourth-order valence-electron chi connectivity index (χ4n) is 3.56. The topological polar surface area (TPSA) is 91.4 Å². The second-order valence-corrected chi connectivity index (χ2v) is 9.83. The van der Waals surface area contributed by atoms with Crippen LogP contribution in [0.4, 0.5) is 13.2 Å². The quantitative estimate of drug-likeness (QED) is 0.180. The average Bonchev–Trinajstić information content (AvgIpc) is 2.83. The third kappa shape index (κ3) is 8.19. The fraction of sp³-hybridized carbons (Fsp3) is 0.417. The number of carbonyl (C=O) groups excluding carboxylic acids is 1. The Hall–Kier alpha value is -2.15. The van der Waals surface area contributed by atoms with Gasteiger partial charge < -0.3 is 14.8 Å². The Morgan fingerprint density at radius 2 is 1.86 bits per heavy atom. The summed E-state index contributed by atoms with van der Waals surface area (Å²) in [5, 5.41) is 9.89. The smallest absolute Gasteiger partial charge is 0.416 e. The molecule has 2 rings (SSSR count). The van der Waals surface area contributed by atoms with Crippen LogP contribution in [0.1, 0.15) is 31.9 Å². The van der Waals surface area contributed by atoms with Crippen LogP contribution in [0.3, 0.4) is 0 Å². The van der Waals surface area contributed by atoms with Crippen LogP contribution in [-0.2, 0) is 9.63 Å². The van der Waals surface area contributed by atoms with Gasteiger partial charge in [-0.2, -0.15) is 19.1 Å². The number of piperazine rings is 1. The Balaban J connectivity index is 2.06. The molecule has 0 aliphatic carbocycles. The molecule has 198 valence electrons. The average molecular weight is 638 g/mol. The maximum atomic E-state index is 13.2. The molecular weight excluding hydrogens is 609 g/mol. The number of phenols is 1. The largest absolute Gasteiger partial charge is 0.506 e. The van der Waals surface area contributed by atoms with E-state index < -0.39 is 23.7 Å². The number of aliphatic imine (C=N–C) groups is 1. The van der Waals surface area contributed by atoms with Crippen molar-refractivity contribution in [1.29, 1.82) is 0 Å². The predicted octanol–water partition coefficient (Wildman–Crippen LogP) is 5.42. The van der Waals surface area contributed by atoms with E-state index in [2.05, 4.69) is 43.4 Å². The summed E-state index contributed by atoms with van der Waals surface area (Å²) in [5.74, 6) is 4.65. The molecule has 1 amide bonds. The van der Waals surface area contributed by atoms with E-state index in [0.29, 0.717) is 46.3 Å². The third-order valence-electron chi connectivity index (χ3n) is 5.55.